The first-order valence-corrected chi connectivity index (χ1v) is 6.04. The van der Waals surface area contributed by atoms with Gasteiger partial charge in [0.2, 0.25) is 0 Å². The molecule has 0 radical (unpaired) electrons. The van der Waals surface area contributed by atoms with E-state index in [2.05, 4.69) is 5.32 Å². The van der Waals surface area contributed by atoms with E-state index >= 15 is 0 Å². The van der Waals surface area contributed by atoms with Crippen molar-refractivity contribution in [2.45, 2.75) is 0 Å². The minimum absolute atomic E-state index is 0.190. The predicted molar refractivity (Wildman–Crippen MR) is 68.2 cm³/mol. The van der Waals surface area contributed by atoms with Gasteiger partial charge in [-0.15, -0.1) is 0 Å². The van der Waals surface area contributed by atoms with Crippen molar-refractivity contribution in [3.05, 3.63) is 29.8 Å². The van der Waals surface area contributed by atoms with Gasteiger partial charge in [-0.25, -0.2) is 0 Å². The summed E-state index contributed by atoms with van der Waals surface area (Å²) < 4.78 is 0.808. The number of aldehydes is 1. The van der Waals surface area contributed by atoms with Crippen molar-refractivity contribution in [2.75, 3.05) is 39.3 Å². The van der Waals surface area contributed by atoms with Crippen molar-refractivity contribution in [1.29, 1.82) is 0 Å². The number of carbonyl (C=O) groups excluding carboxylic acids is 1. The Kier molecular flexibility index (Phi) is 3.89. The molecule has 2 N–H and O–H groups in total. The van der Waals surface area contributed by atoms with E-state index in [1.807, 2.05) is 24.3 Å². The predicted octanol–water partition coefficient (Wildman–Crippen LogP) is 0.402. The monoisotopic (exact) mass is 235 g/mol. The average molecular weight is 235 g/mol. The number of benzene rings is 1. The van der Waals surface area contributed by atoms with Gasteiger partial charge >= 0.3 is 0 Å². The molecule has 4 nitrogen and oxygen atoms in total. The third-order valence-corrected chi connectivity index (χ3v) is 3.54. The van der Waals surface area contributed by atoms with Gasteiger partial charge < -0.3 is 10.4 Å². The highest BCUT2D eigenvalue weighted by molar-refractivity contribution is 5.75. The van der Waals surface area contributed by atoms with Crippen molar-refractivity contribution < 1.29 is 9.90 Å². The minimum atomic E-state index is 0.190. The van der Waals surface area contributed by atoms with E-state index in [-0.39, 0.29) is 6.61 Å². The molecule has 92 valence electrons. The molecule has 1 aliphatic heterocycles. The van der Waals surface area contributed by atoms with Crippen molar-refractivity contribution in [3.8, 4) is 0 Å². The SMILES string of the molecule is O=Cc1ccc([N+]2(CCO)CCNCC2)cc1. The molecular formula is C13H19N2O2+. The second-order valence-electron chi connectivity index (χ2n) is 4.50. The van der Waals surface area contributed by atoms with Gasteiger partial charge in [-0.1, -0.05) is 0 Å². The molecule has 1 saturated heterocycles. The maximum Gasteiger partial charge on any atom is 0.150 e. The van der Waals surface area contributed by atoms with Crippen LogP contribution < -0.4 is 9.80 Å². The minimum Gasteiger partial charge on any atom is -0.390 e. The topological polar surface area (TPSA) is 49.3 Å². The quantitative estimate of drug-likeness (QED) is 0.587. The molecule has 0 amide bonds. The highest BCUT2D eigenvalue weighted by Gasteiger charge is 2.31. The summed E-state index contributed by atoms with van der Waals surface area (Å²) in [7, 11) is 0. The molecule has 17 heavy (non-hydrogen) atoms. The maximum atomic E-state index is 10.6. The third-order valence-electron chi connectivity index (χ3n) is 3.54. The lowest BCUT2D eigenvalue weighted by Gasteiger charge is -2.40. The number of aliphatic hydroxyl groups is 1. The maximum absolute atomic E-state index is 10.6. The fraction of sp³-hybridized carbons (Fsp3) is 0.462. The number of quaternary nitrogens is 1. The number of hydrogen-bond donors (Lipinski definition) is 2. The highest BCUT2D eigenvalue weighted by Crippen LogP contribution is 2.23. The molecule has 1 heterocycles. The summed E-state index contributed by atoms with van der Waals surface area (Å²) in [5.41, 5.74) is 1.89. The Hall–Kier alpha value is -1.23. The van der Waals surface area contributed by atoms with Crippen LogP contribution in [0.4, 0.5) is 5.69 Å². The van der Waals surface area contributed by atoms with Crippen LogP contribution >= 0.6 is 0 Å². The van der Waals surface area contributed by atoms with Crippen LogP contribution in [-0.4, -0.2) is 50.7 Å². The van der Waals surface area contributed by atoms with E-state index in [1.165, 1.54) is 5.69 Å². The Labute approximate surface area is 101 Å². The van der Waals surface area contributed by atoms with E-state index in [4.69, 9.17) is 0 Å². The molecule has 1 aromatic rings. The summed E-state index contributed by atoms with van der Waals surface area (Å²) in [4.78, 5) is 10.6. The van der Waals surface area contributed by atoms with E-state index in [1.54, 1.807) is 0 Å². The Balaban J connectivity index is 2.27. The van der Waals surface area contributed by atoms with Crippen LogP contribution in [0.5, 0.6) is 0 Å². The summed E-state index contributed by atoms with van der Waals surface area (Å²) in [5.74, 6) is 0. The van der Waals surface area contributed by atoms with Crippen LogP contribution in [0.3, 0.4) is 0 Å². The van der Waals surface area contributed by atoms with Crippen LogP contribution in [0.25, 0.3) is 0 Å². The molecule has 0 bridgehead atoms. The lowest BCUT2D eigenvalue weighted by Crippen LogP contribution is -2.61. The van der Waals surface area contributed by atoms with Gasteiger partial charge in [0.25, 0.3) is 0 Å². The molecule has 0 aromatic heterocycles. The number of hydrogen-bond acceptors (Lipinski definition) is 3. The van der Waals surface area contributed by atoms with E-state index in [0.29, 0.717) is 5.56 Å². The Morgan fingerprint density at radius 1 is 1.24 bits per heavy atom. The van der Waals surface area contributed by atoms with Crippen LogP contribution in [0.2, 0.25) is 0 Å². The Morgan fingerprint density at radius 2 is 1.88 bits per heavy atom. The molecular weight excluding hydrogens is 216 g/mol. The molecule has 0 atom stereocenters. The molecule has 0 unspecified atom stereocenters. The van der Waals surface area contributed by atoms with Gasteiger partial charge in [-0.2, -0.15) is 0 Å². The largest absolute Gasteiger partial charge is 0.390 e. The molecule has 0 aliphatic carbocycles. The first-order chi connectivity index (χ1) is 8.30. The van der Waals surface area contributed by atoms with Crippen molar-refractivity contribution >= 4 is 12.0 Å². The molecule has 2 rings (SSSR count). The number of carbonyl (C=O) groups is 1. The van der Waals surface area contributed by atoms with Gasteiger partial charge in [0.15, 0.2) is 0 Å². The van der Waals surface area contributed by atoms with Gasteiger partial charge in [-0.3, -0.25) is 9.28 Å². The number of nitrogens with one attached hydrogen (secondary N) is 1. The first kappa shape index (κ1) is 12.2. The lowest BCUT2D eigenvalue weighted by molar-refractivity contribution is 0.112. The number of piperazine rings is 1. The zero-order valence-corrected chi connectivity index (χ0v) is 9.93. The van der Waals surface area contributed by atoms with Crippen LogP contribution in [0, 0.1) is 0 Å². The van der Waals surface area contributed by atoms with Crippen molar-refractivity contribution in [3.63, 3.8) is 0 Å². The van der Waals surface area contributed by atoms with Gasteiger partial charge in [0.1, 0.15) is 18.5 Å². The zero-order valence-electron chi connectivity index (χ0n) is 9.93. The number of nitrogens with zero attached hydrogens (tertiary/aromatic N) is 1. The molecule has 0 spiro atoms. The van der Waals surface area contributed by atoms with Crippen LogP contribution in [0.15, 0.2) is 24.3 Å². The second kappa shape index (κ2) is 5.40. The fourth-order valence-corrected chi connectivity index (χ4v) is 2.49. The van der Waals surface area contributed by atoms with Gasteiger partial charge in [0, 0.05) is 18.7 Å². The van der Waals surface area contributed by atoms with Crippen molar-refractivity contribution in [1.82, 2.24) is 9.80 Å². The molecule has 0 saturated carbocycles. The molecule has 4 heteroatoms. The second-order valence-corrected chi connectivity index (χ2v) is 4.50. The van der Waals surface area contributed by atoms with Crippen LogP contribution in [0.1, 0.15) is 10.4 Å². The summed E-state index contributed by atoms with van der Waals surface area (Å²) in [5, 5.41) is 12.6. The van der Waals surface area contributed by atoms with Crippen LogP contribution in [-0.2, 0) is 0 Å². The van der Waals surface area contributed by atoms with Crippen molar-refractivity contribution in [2.24, 2.45) is 0 Å². The van der Waals surface area contributed by atoms with Gasteiger partial charge in [-0.05, 0) is 24.3 Å². The summed E-state index contributed by atoms with van der Waals surface area (Å²) in [6.45, 7) is 4.84. The Morgan fingerprint density at radius 3 is 2.41 bits per heavy atom. The summed E-state index contributed by atoms with van der Waals surface area (Å²) in [6.07, 6.45) is 0.859. The standard InChI is InChI=1S/C13H19N2O2/c16-10-9-15(7-5-14-6-8-15)13-3-1-12(11-17)2-4-13/h1-4,11,14,16H,5-10H2/q+1. The summed E-state index contributed by atoms with van der Waals surface area (Å²) in [6, 6.07) is 7.71. The third kappa shape index (κ3) is 2.54. The number of rotatable bonds is 4. The van der Waals surface area contributed by atoms with E-state index in [9.17, 15) is 9.90 Å². The lowest BCUT2D eigenvalue weighted by atomic mass is 10.1. The molecule has 1 aromatic carbocycles. The normalized spacial score (nSPS) is 18.9. The fourth-order valence-electron chi connectivity index (χ4n) is 2.49. The number of aliphatic hydroxyl groups excluding tert-OH is 1. The highest BCUT2D eigenvalue weighted by atomic mass is 16.3. The smallest absolute Gasteiger partial charge is 0.150 e. The zero-order chi connectivity index (χ0) is 12.1. The average Bonchev–Trinajstić information content (AvgIpc) is 2.40. The van der Waals surface area contributed by atoms with E-state index < -0.39 is 0 Å². The Bertz CT molecular complexity index is 364. The first-order valence-electron chi connectivity index (χ1n) is 6.04. The summed E-state index contributed by atoms with van der Waals surface area (Å²) >= 11 is 0. The molecule has 1 fully saturated rings. The van der Waals surface area contributed by atoms with E-state index in [0.717, 1.165) is 43.5 Å². The van der Waals surface area contributed by atoms with Gasteiger partial charge in [0.05, 0.1) is 19.7 Å². The molecule has 1 aliphatic rings.